The number of carbonyl (C=O) groups excluding carboxylic acids is 1. The van der Waals surface area contributed by atoms with Gasteiger partial charge in [0.05, 0.1) is 4.83 Å². The molecule has 0 aliphatic rings. The maximum atomic E-state index is 13.4. The molecule has 4 heteroatoms. The second-order valence-corrected chi connectivity index (χ2v) is 5.17. The van der Waals surface area contributed by atoms with Crippen LogP contribution < -0.4 is 0 Å². The van der Waals surface area contributed by atoms with Gasteiger partial charge in [-0.05, 0) is 30.5 Å². The molecule has 1 nitrogen and oxygen atoms in total. The lowest BCUT2D eigenvalue weighted by Crippen LogP contribution is -2.16. The summed E-state index contributed by atoms with van der Waals surface area (Å²) in [5.74, 6) is -0.252. The monoisotopic (exact) mass is 306 g/mol. The maximum Gasteiger partial charge on any atom is 0.146 e. The lowest BCUT2D eigenvalue weighted by molar-refractivity contribution is -0.118. The first-order valence-corrected chi connectivity index (χ1v) is 6.44. The molecule has 0 aromatic heterocycles. The number of benzene rings is 1. The van der Waals surface area contributed by atoms with Gasteiger partial charge in [-0.1, -0.05) is 40.5 Å². The molecule has 1 unspecified atom stereocenters. The Bertz CT molecular complexity index is 381. The van der Waals surface area contributed by atoms with Gasteiger partial charge in [0.15, 0.2) is 0 Å². The van der Waals surface area contributed by atoms with Crippen LogP contribution in [0, 0.1) is 5.82 Å². The smallest absolute Gasteiger partial charge is 0.146 e. The van der Waals surface area contributed by atoms with Crippen molar-refractivity contribution < 1.29 is 9.18 Å². The van der Waals surface area contributed by atoms with E-state index in [0.717, 1.165) is 6.42 Å². The Morgan fingerprint density at radius 3 is 2.81 bits per heavy atom. The molecule has 0 radical (unpaired) electrons. The van der Waals surface area contributed by atoms with Crippen molar-refractivity contribution in [3.63, 3.8) is 0 Å². The van der Waals surface area contributed by atoms with Gasteiger partial charge in [-0.3, -0.25) is 4.79 Å². The minimum atomic E-state index is -0.360. The molecule has 0 saturated heterocycles. The van der Waals surface area contributed by atoms with Crippen LogP contribution in [-0.4, -0.2) is 10.6 Å². The number of rotatable bonds is 5. The van der Waals surface area contributed by atoms with Crippen molar-refractivity contribution in [2.24, 2.45) is 0 Å². The van der Waals surface area contributed by atoms with Crippen molar-refractivity contribution in [3.05, 3.63) is 34.6 Å². The molecule has 0 spiro atoms. The third kappa shape index (κ3) is 3.87. The summed E-state index contributed by atoms with van der Waals surface area (Å²) in [4.78, 5) is 11.2. The first-order valence-electron chi connectivity index (χ1n) is 5.15. The third-order valence-corrected chi connectivity index (χ3v) is 3.33. The Balaban J connectivity index is 2.69. The summed E-state index contributed by atoms with van der Waals surface area (Å²) in [6.45, 7) is 1.94. The molecule has 0 fully saturated rings. The predicted molar refractivity (Wildman–Crippen MR) is 67.7 cm³/mol. The van der Waals surface area contributed by atoms with E-state index in [-0.39, 0.29) is 16.4 Å². The lowest BCUT2D eigenvalue weighted by atomic mass is 10.0. The number of hydrogen-bond acceptors (Lipinski definition) is 1. The van der Waals surface area contributed by atoms with Crippen LogP contribution in [0.3, 0.4) is 0 Å². The van der Waals surface area contributed by atoms with Crippen LogP contribution in [0.1, 0.15) is 25.3 Å². The van der Waals surface area contributed by atoms with E-state index < -0.39 is 0 Å². The molecule has 88 valence electrons. The zero-order valence-corrected chi connectivity index (χ0v) is 11.3. The van der Waals surface area contributed by atoms with Crippen molar-refractivity contribution >= 4 is 33.3 Å². The van der Waals surface area contributed by atoms with Gasteiger partial charge in [0.25, 0.3) is 0 Å². The second-order valence-electron chi connectivity index (χ2n) is 3.62. The van der Waals surface area contributed by atoms with Crippen molar-refractivity contribution in [3.8, 4) is 0 Å². The van der Waals surface area contributed by atoms with E-state index in [2.05, 4.69) is 15.9 Å². The molecule has 16 heavy (non-hydrogen) atoms. The average Bonchev–Trinajstić information content (AvgIpc) is 2.22. The van der Waals surface area contributed by atoms with E-state index >= 15 is 0 Å². The van der Waals surface area contributed by atoms with E-state index in [1.807, 2.05) is 6.92 Å². The largest absolute Gasteiger partial charge is 0.298 e. The van der Waals surface area contributed by atoms with Crippen molar-refractivity contribution in [1.29, 1.82) is 0 Å². The fourth-order valence-corrected chi connectivity index (χ4v) is 2.13. The molecule has 1 aromatic carbocycles. The van der Waals surface area contributed by atoms with Gasteiger partial charge < -0.3 is 0 Å². The Hall–Kier alpha value is -0.410. The summed E-state index contributed by atoms with van der Waals surface area (Å²) >= 11 is 8.93. The van der Waals surface area contributed by atoms with E-state index in [0.29, 0.717) is 23.4 Å². The van der Waals surface area contributed by atoms with Crippen molar-refractivity contribution in [2.45, 2.75) is 31.0 Å². The minimum absolute atomic E-state index is 0.108. The number of ketones is 1. The van der Waals surface area contributed by atoms with E-state index in [9.17, 15) is 9.18 Å². The third-order valence-electron chi connectivity index (χ3n) is 2.26. The molecule has 0 aliphatic heterocycles. The summed E-state index contributed by atoms with van der Waals surface area (Å²) in [6.07, 6.45) is 1.69. The molecule has 0 bridgehead atoms. The topological polar surface area (TPSA) is 17.1 Å². The van der Waals surface area contributed by atoms with Gasteiger partial charge in [-0.25, -0.2) is 4.39 Å². The fraction of sp³-hybridized carbons (Fsp3) is 0.417. The highest BCUT2D eigenvalue weighted by atomic mass is 79.9. The molecule has 1 aromatic rings. The van der Waals surface area contributed by atoms with Gasteiger partial charge in [-0.2, -0.15) is 0 Å². The molecule has 0 N–H and O–H groups in total. The minimum Gasteiger partial charge on any atom is -0.298 e. The standard InChI is InChI=1S/C12H13BrClFO/c1-2-3-12(16)10(13)6-8-4-5-9(14)7-11(8)15/h4-5,7,10H,2-3,6H2,1H3. The molecule has 0 saturated carbocycles. The van der Waals surface area contributed by atoms with Crippen LogP contribution in [0.2, 0.25) is 5.02 Å². The first-order chi connectivity index (χ1) is 7.54. The second kappa shape index (κ2) is 6.36. The van der Waals surface area contributed by atoms with E-state index in [4.69, 9.17) is 11.6 Å². The molecular formula is C12H13BrClFO. The summed E-state index contributed by atoms with van der Waals surface area (Å²) in [5.41, 5.74) is 0.510. The maximum absolute atomic E-state index is 13.4. The highest BCUT2D eigenvalue weighted by Crippen LogP contribution is 2.19. The number of carbonyl (C=O) groups is 1. The number of halogens is 3. The van der Waals surface area contributed by atoms with Crippen LogP contribution in [0.5, 0.6) is 0 Å². The van der Waals surface area contributed by atoms with Gasteiger partial charge in [-0.15, -0.1) is 0 Å². The lowest BCUT2D eigenvalue weighted by Gasteiger charge is -2.09. The molecule has 1 atom stereocenters. The van der Waals surface area contributed by atoms with Crippen LogP contribution >= 0.6 is 27.5 Å². The Kier molecular flexibility index (Phi) is 5.42. The van der Waals surface area contributed by atoms with Crippen LogP contribution in [0.15, 0.2) is 18.2 Å². The Labute approximate surface area is 108 Å². The molecule has 0 amide bonds. The summed E-state index contributed by atoms with van der Waals surface area (Å²) < 4.78 is 13.4. The van der Waals surface area contributed by atoms with E-state index in [1.165, 1.54) is 6.07 Å². The number of Topliss-reactive ketones (excluding diaryl/α,β-unsaturated/α-hetero) is 1. The first kappa shape index (κ1) is 13.7. The average molecular weight is 308 g/mol. The summed E-state index contributed by atoms with van der Waals surface area (Å²) in [5, 5.41) is 0.368. The van der Waals surface area contributed by atoms with Crippen molar-refractivity contribution in [1.82, 2.24) is 0 Å². The van der Waals surface area contributed by atoms with Crippen LogP contribution in [0.25, 0.3) is 0 Å². The van der Waals surface area contributed by atoms with Crippen LogP contribution in [-0.2, 0) is 11.2 Å². The van der Waals surface area contributed by atoms with Gasteiger partial charge in [0.2, 0.25) is 0 Å². The molecule has 0 heterocycles. The Morgan fingerprint density at radius 2 is 2.25 bits per heavy atom. The molecular weight excluding hydrogens is 294 g/mol. The predicted octanol–water partition coefficient (Wildman–Crippen LogP) is 4.15. The van der Waals surface area contributed by atoms with Crippen molar-refractivity contribution in [2.75, 3.05) is 0 Å². The normalized spacial score (nSPS) is 12.5. The highest BCUT2D eigenvalue weighted by molar-refractivity contribution is 9.10. The quantitative estimate of drug-likeness (QED) is 0.747. The van der Waals surface area contributed by atoms with Crippen LogP contribution in [0.4, 0.5) is 4.39 Å². The zero-order chi connectivity index (χ0) is 12.1. The van der Waals surface area contributed by atoms with Gasteiger partial charge in [0, 0.05) is 11.4 Å². The number of hydrogen-bond donors (Lipinski definition) is 0. The van der Waals surface area contributed by atoms with Gasteiger partial charge in [0.1, 0.15) is 11.6 Å². The summed E-state index contributed by atoms with van der Waals surface area (Å²) in [6, 6.07) is 4.51. The summed E-state index contributed by atoms with van der Waals surface area (Å²) in [7, 11) is 0. The van der Waals surface area contributed by atoms with Gasteiger partial charge >= 0.3 is 0 Å². The fourth-order valence-electron chi connectivity index (χ4n) is 1.40. The molecule has 0 aliphatic carbocycles. The molecule has 1 rings (SSSR count). The number of alkyl halides is 1. The van der Waals surface area contributed by atoms with E-state index in [1.54, 1.807) is 12.1 Å². The SMILES string of the molecule is CCCC(=O)C(Br)Cc1ccc(Cl)cc1F. The Morgan fingerprint density at radius 1 is 1.56 bits per heavy atom. The highest BCUT2D eigenvalue weighted by Gasteiger charge is 2.16. The zero-order valence-electron chi connectivity index (χ0n) is 8.97.